The number of para-hydroxylation sites is 1. The summed E-state index contributed by atoms with van der Waals surface area (Å²) in [6.07, 6.45) is 0. The number of anilines is 2. The van der Waals surface area contributed by atoms with Gasteiger partial charge in [0.2, 0.25) is 6.04 Å². The molecule has 6 heteroatoms. The molecule has 22 heavy (non-hydrogen) atoms. The van der Waals surface area contributed by atoms with E-state index in [1.165, 1.54) is 6.92 Å². The quantitative estimate of drug-likeness (QED) is 0.504. The van der Waals surface area contributed by atoms with Gasteiger partial charge in [0.25, 0.3) is 5.91 Å². The maximum absolute atomic E-state index is 12.1. The van der Waals surface area contributed by atoms with Crippen molar-refractivity contribution in [3.63, 3.8) is 0 Å². The van der Waals surface area contributed by atoms with E-state index in [1.807, 2.05) is 6.07 Å². The summed E-state index contributed by atoms with van der Waals surface area (Å²) in [6.45, 7) is 1.30. The van der Waals surface area contributed by atoms with Gasteiger partial charge in [-0.05, 0) is 43.3 Å². The van der Waals surface area contributed by atoms with E-state index in [0.29, 0.717) is 17.1 Å². The average molecular weight is 296 g/mol. The van der Waals surface area contributed by atoms with E-state index in [0.717, 1.165) is 0 Å². The van der Waals surface area contributed by atoms with Crippen molar-refractivity contribution in [3.05, 3.63) is 54.6 Å². The molecular formula is C16H16N4O2. The Labute approximate surface area is 128 Å². The van der Waals surface area contributed by atoms with Crippen LogP contribution in [0.1, 0.15) is 6.92 Å². The number of nitrogens with zero attached hydrogens (tertiary/aromatic N) is 2. The molecule has 1 atom stereocenters. The largest absolute Gasteiger partial charge is 0.399 e. The molecule has 0 aromatic heterocycles. The fourth-order valence-corrected chi connectivity index (χ4v) is 1.72. The number of nitrogens with two attached hydrogens (primary N) is 1. The van der Waals surface area contributed by atoms with E-state index in [4.69, 9.17) is 5.73 Å². The second kappa shape index (κ2) is 7.12. The first kappa shape index (κ1) is 15.4. The minimum Gasteiger partial charge on any atom is -0.399 e. The van der Waals surface area contributed by atoms with Crippen LogP contribution in [0.3, 0.4) is 0 Å². The van der Waals surface area contributed by atoms with Crippen molar-refractivity contribution < 1.29 is 9.59 Å². The molecule has 0 saturated carbocycles. The molecule has 2 rings (SSSR count). The first-order chi connectivity index (χ1) is 10.6. The molecule has 3 N–H and O–H groups in total. The zero-order valence-electron chi connectivity index (χ0n) is 12.1. The molecule has 0 aliphatic heterocycles. The van der Waals surface area contributed by atoms with Gasteiger partial charge in [-0.25, -0.2) is 0 Å². The lowest BCUT2D eigenvalue weighted by molar-refractivity contribution is -0.126. The summed E-state index contributed by atoms with van der Waals surface area (Å²) in [5, 5.41) is 10.4. The Kier molecular flexibility index (Phi) is 4.98. The third-order valence-electron chi connectivity index (χ3n) is 2.86. The third kappa shape index (κ3) is 4.24. The minimum absolute atomic E-state index is 0.382. The van der Waals surface area contributed by atoms with Crippen LogP contribution in [0, 0.1) is 0 Å². The maximum atomic E-state index is 12.1. The summed E-state index contributed by atoms with van der Waals surface area (Å²) in [6, 6.07) is 14.3. The molecule has 2 aromatic carbocycles. The highest BCUT2D eigenvalue weighted by atomic mass is 16.2. The van der Waals surface area contributed by atoms with Crippen LogP contribution < -0.4 is 11.1 Å². The topological polar surface area (TPSA) is 96.9 Å². The highest BCUT2D eigenvalue weighted by Crippen LogP contribution is 2.16. The Morgan fingerprint density at radius 3 is 2.27 bits per heavy atom. The smallest absolute Gasteiger partial charge is 0.258 e. The zero-order valence-corrected chi connectivity index (χ0v) is 12.1. The lowest BCUT2D eigenvalue weighted by atomic mass is 10.2. The van der Waals surface area contributed by atoms with E-state index in [1.54, 1.807) is 48.5 Å². The molecule has 1 amide bonds. The zero-order chi connectivity index (χ0) is 15.9. The predicted octanol–water partition coefficient (Wildman–Crippen LogP) is 2.95. The van der Waals surface area contributed by atoms with Crippen molar-refractivity contribution in [1.29, 1.82) is 0 Å². The molecule has 0 radical (unpaired) electrons. The maximum Gasteiger partial charge on any atom is 0.258 e. The lowest BCUT2D eigenvalue weighted by Crippen LogP contribution is -2.31. The summed E-state index contributed by atoms with van der Waals surface area (Å²) in [5.41, 5.74) is 7.30. The third-order valence-corrected chi connectivity index (χ3v) is 2.86. The highest BCUT2D eigenvalue weighted by Gasteiger charge is 2.23. The van der Waals surface area contributed by atoms with Crippen LogP contribution in [-0.2, 0) is 9.59 Å². The van der Waals surface area contributed by atoms with Gasteiger partial charge in [0.1, 0.15) is 0 Å². The van der Waals surface area contributed by atoms with Gasteiger partial charge in [0, 0.05) is 11.4 Å². The van der Waals surface area contributed by atoms with Crippen molar-refractivity contribution >= 4 is 28.8 Å². The van der Waals surface area contributed by atoms with Crippen LogP contribution in [0.25, 0.3) is 0 Å². The van der Waals surface area contributed by atoms with Crippen molar-refractivity contribution in [2.24, 2.45) is 10.2 Å². The number of benzene rings is 2. The molecule has 0 fully saturated rings. The number of nitrogens with one attached hydrogen (secondary N) is 1. The Balaban J connectivity index is 2.11. The number of carbonyl (C=O) groups excluding carboxylic acids is 2. The summed E-state index contributed by atoms with van der Waals surface area (Å²) >= 11 is 0. The van der Waals surface area contributed by atoms with Crippen LogP contribution in [0.2, 0.25) is 0 Å². The number of carbonyl (C=O) groups is 2. The van der Waals surface area contributed by atoms with E-state index >= 15 is 0 Å². The SMILES string of the molecule is CC(=O)C(N=Nc1ccc(N)cc1)C(=O)Nc1ccccc1. The minimum atomic E-state index is -1.18. The molecule has 1 unspecified atom stereocenters. The van der Waals surface area contributed by atoms with Gasteiger partial charge in [-0.3, -0.25) is 9.59 Å². The molecule has 6 nitrogen and oxygen atoms in total. The van der Waals surface area contributed by atoms with E-state index < -0.39 is 11.9 Å². The van der Waals surface area contributed by atoms with Crippen LogP contribution in [-0.4, -0.2) is 17.7 Å². The summed E-state index contributed by atoms with van der Waals surface area (Å²) in [4.78, 5) is 23.7. The normalized spacial score (nSPS) is 12.0. The Hall–Kier alpha value is -3.02. The Morgan fingerprint density at radius 1 is 1.05 bits per heavy atom. The molecule has 0 aliphatic rings. The number of hydrogen-bond acceptors (Lipinski definition) is 5. The standard InChI is InChI=1S/C16H16N4O2/c1-11(21)15(16(22)18-13-5-3-2-4-6-13)20-19-14-9-7-12(17)8-10-14/h2-10,15H,17H2,1H3,(H,18,22). The van der Waals surface area contributed by atoms with Crippen molar-refractivity contribution in [3.8, 4) is 0 Å². The number of nitrogen functional groups attached to an aromatic ring is 1. The summed E-state index contributed by atoms with van der Waals surface area (Å²) in [7, 11) is 0. The number of azo groups is 1. The van der Waals surface area contributed by atoms with Gasteiger partial charge in [-0.1, -0.05) is 18.2 Å². The molecule has 112 valence electrons. The monoisotopic (exact) mass is 296 g/mol. The molecule has 0 spiro atoms. The number of ketones is 1. The second-order valence-electron chi connectivity index (χ2n) is 4.68. The Bertz CT molecular complexity index is 681. The lowest BCUT2D eigenvalue weighted by Gasteiger charge is -2.09. The number of hydrogen-bond donors (Lipinski definition) is 2. The van der Waals surface area contributed by atoms with Gasteiger partial charge >= 0.3 is 0 Å². The van der Waals surface area contributed by atoms with E-state index in [-0.39, 0.29) is 5.78 Å². The fraction of sp³-hybridized carbons (Fsp3) is 0.125. The molecule has 2 aromatic rings. The predicted molar refractivity (Wildman–Crippen MR) is 84.9 cm³/mol. The van der Waals surface area contributed by atoms with Gasteiger partial charge < -0.3 is 11.1 Å². The first-order valence-electron chi connectivity index (χ1n) is 6.69. The summed E-state index contributed by atoms with van der Waals surface area (Å²) < 4.78 is 0. The molecule has 0 saturated heterocycles. The second-order valence-corrected chi connectivity index (χ2v) is 4.68. The number of Topliss-reactive ketones (excluding diaryl/α,β-unsaturated/α-hetero) is 1. The molecule has 0 bridgehead atoms. The van der Waals surface area contributed by atoms with Crippen LogP contribution in [0.15, 0.2) is 64.8 Å². The average Bonchev–Trinajstić information content (AvgIpc) is 2.50. The fourth-order valence-electron chi connectivity index (χ4n) is 1.72. The van der Waals surface area contributed by atoms with E-state index in [9.17, 15) is 9.59 Å². The Morgan fingerprint density at radius 2 is 1.68 bits per heavy atom. The molecular weight excluding hydrogens is 280 g/mol. The van der Waals surface area contributed by atoms with Crippen molar-refractivity contribution in [1.82, 2.24) is 0 Å². The van der Waals surface area contributed by atoms with E-state index in [2.05, 4.69) is 15.5 Å². The van der Waals surface area contributed by atoms with Crippen LogP contribution >= 0.6 is 0 Å². The van der Waals surface area contributed by atoms with Crippen molar-refractivity contribution in [2.45, 2.75) is 13.0 Å². The number of amides is 1. The highest BCUT2D eigenvalue weighted by molar-refractivity contribution is 6.10. The van der Waals surface area contributed by atoms with Crippen LogP contribution in [0.4, 0.5) is 17.1 Å². The van der Waals surface area contributed by atoms with Crippen LogP contribution in [0.5, 0.6) is 0 Å². The van der Waals surface area contributed by atoms with Crippen molar-refractivity contribution in [2.75, 3.05) is 11.1 Å². The first-order valence-corrected chi connectivity index (χ1v) is 6.69. The van der Waals surface area contributed by atoms with Gasteiger partial charge in [0.15, 0.2) is 5.78 Å². The molecule has 0 aliphatic carbocycles. The van der Waals surface area contributed by atoms with Gasteiger partial charge in [-0.15, -0.1) is 0 Å². The van der Waals surface area contributed by atoms with Gasteiger partial charge in [0.05, 0.1) is 5.69 Å². The molecule has 0 heterocycles. The number of rotatable bonds is 5. The van der Waals surface area contributed by atoms with Gasteiger partial charge in [-0.2, -0.15) is 10.2 Å². The summed E-state index contributed by atoms with van der Waals surface area (Å²) in [5.74, 6) is -0.898.